The molecule has 0 saturated carbocycles. The summed E-state index contributed by atoms with van der Waals surface area (Å²) < 4.78 is 10.7. The highest BCUT2D eigenvalue weighted by Gasteiger charge is 2.36. The molecule has 0 saturated heterocycles. The quantitative estimate of drug-likeness (QED) is 0.101. The summed E-state index contributed by atoms with van der Waals surface area (Å²) in [6.45, 7) is 7.55. The summed E-state index contributed by atoms with van der Waals surface area (Å²) in [4.78, 5) is 48.6. The molecule has 2 aromatic carbocycles. The van der Waals surface area contributed by atoms with Crippen molar-refractivity contribution in [3.8, 4) is 0 Å². The zero-order valence-electron chi connectivity index (χ0n) is 28.5. The number of nitrogens with zero attached hydrogens (tertiary/aromatic N) is 2. The fourth-order valence-corrected chi connectivity index (χ4v) is 6.46. The lowest BCUT2D eigenvalue weighted by Crippen LogP contribution is -2.60. The van der Waals surface area contributed by atoms with Crippen molar-refractivity contribution in [1.29, 1.82) is 0 Å². The molecule has 5 atom stereocenters. The Bertz CT molecular complexity index is 1620. The number of amides is 3. The Morgan fingerprint density at radius 1 is 0.760 bits per heavy atom. The van der Waals surface area contributed by atoms with Crippen LogP contribution in [0.2, 0.25) is 0 Å². The number of aliphatic hydroxyl groups is 2. The lowest BCUT2D eigenvalue weighted by Gasteiger charge is -2.34. The van der Waals surface area contributed by atoms with Crippen LogP contribution in [0.5, 0.6) is 0 Å². The minimum absolute atomic E-state index is 0.00528. The monoisotopic (exact) mass is 723 g/mol. The van der Waals surface area contributed by atoms with Crippen LogP contribution in [0, 0.1) is 5.92 Å². The minimum Gasteiger partial charge on any atom is -0.444 e. The Balaban J connectivity index is 1.48. The van der Waals surface area contributed by atoms with E-state index in [2.05, 4.69) is 25.9 Å². The summed E-state index contributed by atoms with van der Waals surface area (Å²) in [5.74, 6) is -0.673. The third kappa shape index (κ3) is 11.9. The number of rotatable bonds is 17. The number of benzene rings is 2. The number of ether oxygens (including phenoxy) is 2. The predicted octanol–water partition coefficient (Wildman–Crippen LogP) is 4.96. The summed E-state index contributed by atoms with van der Waals surface area (Å²) in [5, 5.41) is 34.3. The van der Waals surface area contributed by atoms with Gasteiger partial charge in [0.15, 0.2) is 0 Å². The molecule has 0 spiro atoms. The second kappa shape index (κ2) is 19.1. The van der Waals surface area contributed by atoms with Crippen LogP contribution in [0.25, 0.3) is 0 Å². The van der Waals surface area contributed by atoms with Crippen molar-refractivity contribution in [2.45, 2.75) is 90.0 Å². The van der Waals surface area contributed by atoms with Gasteiger partial charge in [-0.1, -0.05) is 88.4 Å². The van der Waals surface area contributed by atoms with E-state index in [0.29, 0.717) is 5.69 Å². The molecular formula is C36H45N5O7S2. The molecule has 4 rings (SSSR count). The van der Waals surface area contributed by atoms with Crippen molar-refractivity contribution >= 4 is 40.8 Å². The molecule has 3 amide bonds. The van der Waals surface area contributed by atoms with Crippen LogP contribution >= 0.6 is 22.7 Å². The van der Waals surface area contributed by atoms with Gasteiger partial charge in [0.2, 0.25) is 5.91 Å². The van der Waals surface area contributed by atoms with Gasteiger partial charge in [-0.3, -0.25) is 9.78 Å². The Hall–Kier alpha value is -4.37. The summed E-state index contributed by atoms with van der Waals surface area (Å²) in [5.41, 5.74) is 3.84. The molecule has 2 aromatic heterocycles. The highest BCUT2D eigenvalue weighted by atomic mass is 32.1. The van der Waals surface area contributed by atoms with E-state index in [-0.39, 0.29) is 37.9 Å². The molecule has 4 aromatic rings. The van der Waals surface area contributed by atoms with Gasteiger partial charge >= 0.3 is 12.2 Å². The number of hydrogen-bond acceptors (Lipinski definition) is 11. The molecule has 0 unspecified atom stereocenters. The molecule has 0 aliphatic carbocycles. The second-order valence-electron chi connectivity index (χ2n) is 12.5. The lowest BCUT2D eigenvalue weighted by molar-refractivity contribution is -0.126. The summed E-state index contributed by atoms with van der Waals surface area (Å²) >= 11 is 2.83. The number of nitrogens with one attached hydrogen (secondary N) is 3. The van der Waals surface area contributed by atoms with Gasteiger partial charge in [0.25, 0.3) is 0 Å². The Morgan fingerprint density at radius 2 is 1.32 bits per heavy atom. The van der Waals surface area contributed by atoms with Gasteiger partial charge in [0.1, 0.15) is 31.5 Å². The van der Waals surface area contributed by atoms with E-state index >= 15 is 0 Å². The number of carbonyl (C=O) groups is 3. The van der Waals surface area contributed by atoms with E-state index in [9.17, 15) is 24.6 Å². The van der Waals surface area contributed by atoms with E-state index < -0.39 is 48.4 Å². The van der Waals surface area contributed by atoms with Gasteiger partial charge in [0.05, 0.1) is 33.2 Å². The predicted molar refractivity (Wildman–Crippen MR) is 192 cm³/mol. The third-order valence-corrected chi connectivity index (χ3v) is 9.82. The number of carbonyl (C=O) groups excluding carboxylic acids is 3. The lowest BCUT2D eigenvalue weighted by atomic mass is 9.90. The first-order valence-electron chi connectivity index (χ1n) is 16.4. The van der Waals surface area contributed by atoms with Crippen molar-refractivity contribution in [3.63, 3.8) is 0 Å². The molecule has 0 bridgehead atoms. The average Bonchev–Trinajstić information content (AvgIpc) is 3.81. The van der Waals surface area contributed by atoms with E-state index in [1.807, 2.05) is 79.9 Å². The summed E-state index contributed by atoms with van der Waals surface area (Å²) in [6.07, 6.45) is -2.75. The maximum atomic E-state index is 13.8. The van der Waals surface area contributed by atoms with Crippen LogP contribution in [0.1, 0.15) is 60.3 Å². The topological polar surface area (TPSA) is 172 Å². The summed E-state index contributed by atoms with van der Waals surface area (Å²) in [7, 11) is 0. The number of aromatic nitrogens is 2. The number of alkyl carbamates (subject to hydrolysis) is 2. The molecule has 50 heavy (non-hydrogen) atoms. The molecule has 0 fully saturated rings. The number of hydrogen-bond donors (Lipinski definition) is 5. The minimum atomic E-state index is -1.55. The van der Waals surface area contributed by atoms with Crippen molar-refractivity contribution in [2.24, 2.45) is 5.92 Å². The van der Waals surface area contributed by atoms with Crippen LogP contribution in [0.4, 0.5) is 9.59 Å². The van der Waals surface area contributed by atoms with Gasteiger partial charge in [-0.2, -0.15) is 0 Å². The van der Waals surface area contributed by atoms with Gasteiger partial charge in [-0.15, -0.1) is 22.7 Å². The molecule has 0 aliphatic rings. The smallest absolute Gasteiger partial charge is 0.408 e. The average molecular weight is 724 g/mol. The first-order valence-corrected chi connectivity index (χ1v) is 18.2. The number of aliphatic hydroxyl groups excluding tert-OH is 2. The fourth-order valence-electron chi connectivity index (χ4n) is 5.14. The van der Waals surface area contributed by atoms with Crippen LogP contribution in [0.3, 0.4) is 0 Å². The van der Waals surface area contributed by atoms with E-state index in [0.717, 1.165) is 21.0 Å². The zero-order chi connectivity index (χ0) is 36.0. The Labute approximate surface area is 300 Å². The van der Waals surface area contributed by atoms with Gasteiger partial charge < -0.3 is 35.6 Å². The van der Waals surface area contributed by atoms with Gasteiger partial charge in [0, 0.05) is 17.5 Å². The fraction of sp³-hybridized carbons (Fsp3) is 0.417. The van der Waals surface area contributed by atoms with E-state index in [1.54, 1.807) is 25.6 Å². The molecule has 2 heterocycles. The van der Waals surface area contributed by atoms with Crippen molar-refractivity contribution in [2.75, 3.05) is 0 Å². The normalized spacial score (nSPS) is 14.3. The number of thiazole rings is 2. The standard InChI is InChI=1S/C36H45N5O7S2/c1-22(2)30(41-36(46)47-18-26-20-49-34(38-26)23(3)4)33(44)39-28(15-24-11-7-5-8-12-24)31(42)32(43)29(16-25-13-9-6-10-14-25)40-35(45)48-19-27-17-37-21-50-27/h5-14,17,20-23,28-32,42-43H,15-16,18-19H2,1-4H3,(H,39,44)(H,40,45)(H,41,46)/t28-,29-,30-,31-,32-/m0/s1. The highest BCUT2D eigenvalue weighted by Crippen LogP contribution is 2.20. The maximum Gasteiger partial charge on any atom is 0.408 e. The Morgan fingerprint density at radius 3 is 1.84 bits per heavy atom. The first-order chi connectivity index (χ1) is 24.0. The SMILES string of the molecule is CC(C)c1nc(COC(=O)N[C@H](C(=O)N[C@@H](Cc2ccccc2)[C@H](O)[C@@H](O)[C@H](Cc2ccccc2)NC(=O)OCc2cncs2)C(C)C)cs1. The molecule has 5 N–H and O–H groups in total. The van der Waals surface area contributed by atoms with Gasteiger partial charge in [-0.05, 0) is 29.9 Å². The van der Waals surface area contributed by atoms with Crippen molar-refractivity contribution in [1.82, 2.24) is 25.9 Å². The molecule has 0 aliphatic heterocycles. The zero-order valence-corrected chi connectivity index (χ0v) is 30.2. The molecule has 12 nitrogen and oxygen atoms in total. The van der Waals surface area contributed by atoms with Crippen LogP contribution < -0.4 is 16.0 Å². The largest absolute Gasteiger partial charge is 0.444 e. The first kappa shape index (κ1) is 38.4. The molecule has 268 valence electrons. The van der Waals surface area contributed by atoms with Crippen LogP contribution in [-0.4, -0.2) is 68.6 Å². The van der Waals surface area contributed by atoms with E-state index in [4.69, 9.17) is 9.47 Å². The second-order valence-corrected chi connectivity index (χ2v) is 14.4. The van der Waals surface area contributed by atoms with E-state index in [1.165, 1.54) is 22.7 Å². The van der Waals surface area contributed by atoms with Crippen molar-refractivity contribution < 1.29 is 34.1 Å². The molecule has 14 heteroatoms. The maximum absolute atomic E-state index is 13.8. The van der Waals surface area contributed by atoms with Crippen molar-refractivity contribution in [3.05, 3.63) is 104 Å². The molecule has 0 radical (unpaired) electrons. The Kier molecular flexibility index (Phi) is 14.7. The molecular weight excluding hydrogens is 679 g/mol. The third-order valence-electron chi connectivity index (χ3n) is 7.87. The van der Waals surface area contributed by atoms with Crippen LogP contribution in [0.15, 0.2) is 77.8 Å². The van der Waals surface area contributed by atoms with Gasteiger partial charge in [-0.25, -0.2) is 14.6 Å². The van der Waals surface area contributed by atoms with Crippen LogP contribution in [-0.2, 0) is 40.3 Å². The highest BCUT2D eigenvalue weighted by molar-refractivity contribution is 7.09. The summed E-state index contributed by atoms with van der Waals surface area (Å²) in [6, 6.07) is 15.4.